The second kappa shape index (κ2) is 5.61. The highest BCUT2D eigenvalue weighted by molar-refractivity contribution is 9.11. The first kappa shape index (κ1) is 13.7. The Hall–Kier alpha value is -1.27. The van der Waals surface area contributed by atoms with Gasteiger partial charge in [-0.2, -0.15) is 0 Å². The summed E-state index contributed by atoms with van der Waals surface area (Å²) in [5, 5.41) is 3.08. The summed E-state index contributed by atoms with van der Waals surface area (Å²) in [6.07, 6.45) is 0. The normalized spacial score (nSPS) is 12.6. The van der Waals surface area contributed by atoms with E-state index in [0.29, 0.717) is 28.2 Å². The van der Waals surface area contributed by atoms with Crippen LogP contribution >= 0.6 is 31.9 Å². The second-order valence-electron chi connectivity index (χ2n) is 4.25. The number of fused-ring (bicyclic) bond motifs is 1. The summed E-state index contributed by atoms with van der Waals surface area (Å²) in [6, 6.07) is 8.60. The molecule has 0 bridgehead atoms. The molecule has 0 unspecified atom stereocenters. The van der Waals surface area contributed by atoms with Gasteiger partial charge < -0.3 is 14.8 Å². The van der Waals surface area contributed by atoms with Gasteiger partial charge in [0.2, 0.25) is 6.79 Å². The number of para-hydroxylation sites is 1. The lowest BCUT2D eigenvalue weighted by Gasteiger charge is -2.11. The van der Waals surface area contributed by atoms with Gasteiger partial charge in [-0.3, -0.25) is 0 Å². The molecule has 0 radical (unpaired) electrons. The topological polar surface area (TPSA) is 30.5 Å². The van der Waals surface area contributed by atoms with E-state index in [0.717, 1.165) is 10.0 Å². The third kappa shape index (κ3) is 2.62. The van der Waals surface area contributed by atoms with Crippen LogP contribution in [0.4, 0.5) is 10.1 Å². The van der Waals surface area contributed by atoms with Crippen molar-refractivity contribution < 1.29 is 13.9 Å². The first-order valence-electron chi connectivity index (χ1n) is 5.91. The lowest BCUT2D eigenvalue weighted by Crippen LogP contribution is -2.03. The van der Waals surface area contributed by atoms with Crippen LogP contribution in [-0.4, -0.2) is 6.79 Å². The van der Waals surface area contributed by atoms with Gasteiger partial charge in [0.1, 0.15) is 5.82 Å². The van der Waals surface area contributed by atoms with Crippen molar-refractivity contribution in [2.75, 3.05) is 12.1 Å². The number of rotatable bonds is 3. The Morgan fingerprint density at radius 3 is 2.60 bits per heavy atom. The molecule has 0 saturated carbocycles. The number of hydrogen-bond acceptors (Lipinski definition) is 3. The molecule has 1 aliphatic rings. The monoisotopic (exact) mass is 401 g/mol. The summed E-state index contributed by atoms with van der Waals surface area (Å²) in [7, 11) is 0. The third-order valence-electron chi connectivity index (χ3n) is 2.96. The van der Waals surface area contributed by atoms with Gasteiger partial charge in [0, 0.05) is 15.5 Å². The lowest BCUT2D eigenvalue weighted by atomic mass is 10.2. The van der Waals surface area contributed by atoms with Crippen LogP contribution in [0.5, 0.6) is 11.5 Å². The van der Waals surface area contributed by atoms with E-state index in [1.165, 1.54) is 6.07 Å². The fraction of sp³-hybridized carbons (Fsp3) is 0.143. The summed E-state index contributed by atoms with van der Waals surface area (Å²) >= 11 is 6.81. The maximum Gasteiger partial charge on any atom is 0.231 e. The SMILES string of the molecule is Fc1cccc(Br)c1NCc1cc2c(cc1Br)OCO2. The fourth-order valence-corrected chi connectivity index (χ4v) is 2.89. The number of nitrogens with one attached hydrogen (secondary N) is 1. The van der Waals surface area contributed by atoms with Crippen molar-refractivity contribution in [3.63, 3.8) is 0 Å². The van der Waals surface area contributed by atoms with Crippen LogP contribution in [0.25, 0.3) is 0 Å². The average Bonchev–Trinajstić information content (AvgIpc) is 2.85. The van der Waals surface area contributed by atoms with Gasteiger partial charge in [0.05, 0.1) is 5.69 Å². The highest BCUT2D eigenvalue weighted by Crippen LogP contribution is 2.37. The second-order valence-corrected chi connectivity index (χ2v) is 5.96. The molecule has 20 heavy (non-hydrogen) atoms. The van der Waals surface area contributed by atoms with Crippen LogP contribution in [0.3, 0.4) is 0 Å². The van der Waals surface area contributed by atoms with Crippen LogP contribution in [-0.2, 0) is 6.54 Å². The van der Waals surface area contributed by atoms with Crippen LogP contribution < -0.4 is 14.8 Å². The molecular weight excluding hydrogens is 393 g/mol. The molecule has 1 aliphatic heterocycles. The summed E-state index contributed by atoms with van der Waals surface area (Å²) in [4.78, 5) is 0. The predicted octanol–water partition coefficient (Wildman–Crippen LogP) is 4.69. The first-order valence-corrected chi connectivity index (χ1v) is 7.49. The van der Waals surface area contributed by atoms with Crippen molar-refractivity contribution in [2.24, 2.45) is 0 Å². The Kier molecular flexibility index (Phi) is 3.85. The van der Waals surface area contributed by atoms with E-state index >= 15 is 0 Å². The Bertz CT molecular complexity index is 644. The molecule has 1 heterocycles. The van der Waals surface area contributed by atoms with Crippen molar-refractivity contribution in [1.29, 1.82) is 0 Å². The van der Waals surface area contributed by atoms with Crippen molar-refractivity contribution in [3.05, 3.63) is 50.7 Å². The van der Waals surface area contributed by atoms with Gasteiger partial charge in [-0.05, 0) is 45.8 Å². The van der Waals surface area contributed by atoms with Gasteiger partial charge in [-0.1, -0.05) is 22.0 Å². The number of anilines is 1. The quantitative estimate of drug-likeness (QED) is 0.807. The average molecular weight is 403 g/mol. The predicted molar refractivity (Wildman–Crippen MR) is 81.7 cm³/mol. The molecule has 0 aromatic heterocycles. The first-order chi connectivity index (χ1) is 9.65. The Balaban J connectivity index is 1.82. The molecule has 104 valence electrons. The van der Waals surface area contributed by atoms with Crippen LogP contribution in [0.2, 0.25) is 0 Å². The van der Waals surface area contributed by atoms with Crippen LogP contribution in [0.15, 0.2) is 39.3 Å². The maximum atomic E-state index is 13.7. The van der Waals surface area contributed by atoms with E-state index in [9.17, 15) is 4.39 Å². The van der Waals surface area contributed by atoms with Gasteiger partial charge in [-0.25, -0.2) is 4.39 Å². The van der Waals surface area contributed by atoms with Gasteiger partial charge in [0.15, 0.2) is 11.5 Å². The Morgan fingerprint density at radius 1 is 1.10 bits per heavy atom. The maximum absolute atomic E-state index is 13.7. The zero-order valence-corrected chi connectivity index (χ0v) is 13.4. The molecule has 0 aliphatic carbocycles. The zero-order valence-electron chi connectivity index (χ0n) is 10.3. The highest BCUT2D eigenvalue weighted by atomic mass is 79.9. The van der Waals surface area contributed by atoms with Gasteiger partial charge >= 0.3 is 0 Å². The van der Waals surface area contributed by atoms with E-state index in [-0.39, 0.29) is 12.6 Å². The van der Waals surface area contributed by atoms with Gasteiger partial charge in [0.25, 0.3) is 0 Å². The fourth-order valence-electron chi connectivity index (χ4n) is 1.95. The summed E-state index contributed by atoms with van der Waals surface area (Å²) in [6.45, 7) is 0.703. The Labute approximate surface area is 132 Å². The smallest absolute Gasteiger partial charge is 0.231 e. The molecule has 0 fully saturated rings. The minimum atomic E-state index is -0.295. The lowest BCUT2D eigenvalue weighted by molar-refractivity contribution is 0.174. The number of halogens is 3. The molecule has 2 aromatic carbocycles. The molecule has 0 spiro atoms. The number of hydrogen-bond donors (Lipinski definition) is 1. The van der Waals surface area contributed by atoms with Gasteiger partial charge in [-0.15, -0.1) is 0 Å². The highest BCUT2D eigenvalue weighted by Gasteiger charge is 2.16. The van der Waals surface area contributed by atoms with Crippen molar-refractivity contribution in [1.82, 2.24) is 0 Å². The number of ether oxygens (including phenoxy) is 2. The molecule has 3 nitrogen and oxygen atoms in total. The van der Waals surface area contributed by atoms with Crippen molar-refractivity contribution in [2.45, 2.75) is 6.54 Å². The number of benzene rings is 2. The molecule has 0 atom stereocenters. The largest absolute Gasteiger partial charge is 0.454 e. The van der Waals surface area contributed by atoms with E-state index in [1.807, 2.05) is 12.1 Å². The molecule has 0 amide bonds. The summed E-state index contributed by atoms with van der Waals surface area (Å²) in [5.74, 6) is 1.13. The van der Waals surface area contributed by atoms with E-state index in [2.05, 4.69) is 37.2 Å². The van der Waals surface area contributed by atoms with Crippen LogP contribution in [0.1, 0.15) is 5.56 Å². The molecule has 2 aromatic rings. The molecular formula is C14H10Br2FNO2. The summed E-state index contributed by atoms with van der Waals surface area (Å²) in [5.41, 5.74) is 1.40. The minimum absolute atomic E-state index is 0.234. The van der Waals surface area contributed by atoms with E-state index in [4.69, 9.17) is 9.47 Å². The van der Waals surface area contributed by atoms with Crippen LogP contribution in [0, 0.1) is 5.82 Å². The zero-order chi connectivity index (χ0) is 14.1. The molecule has 6 heteroatoms. The minimum Gasteiger partial charge on any atom is -0.454 e. The summed E-state index contributed by atoms with van der Waals surface area (Å²) < 4.78 is 25.9. The molecule has 3 rings (SSSR count). The Morgan fingerprint density at radius 2 is 1.85 bits per heavy atom. The standard InChI is InChI=1S/C14H10Br2FNO2/c15-9-2-1-3-11(17)14(9)18-6-8-4-12-13(5-10(8)16)20-7-19-12/h1-5,18H,6-7H2. The third-order valence-corrected chi connectivity index (χ3v) is 4.36. The van der Waals surface area contributed by atoms with E-state index in [1.54, 1.807) is 12.1 Å². The van der Waals surface area contributed by atoms with Crippen molar-refractivity contribution in [3.8, 4) is 11.5 Å². The molecule has 0 saturated heterocycles. The van der Waals surface area contributed by atoms with Crippen molar-refractivity contribution >= 4 is 37.5 Å². The molecule has 1 N–H and O–H groups in total. The van der Waals surface area contributed by atoms with E-state index < -0.39 is 0 Å².